The van der Waals surface area contributed by atoms with Gasteiger partial charge in [0.05, 0.1) is 0 Å². The molecule has 1 aromatic carbocycles. The molecule has 2 aromatic rings. The van der Waals surface area contributed by atoms with E-state index in [2.05, 4.69) is 75.8 Å². The van der Waals surface area contributed by atoms with E-state index in [0.29, 0.717) is 0 Å². The van der Waals surface area contributed by atoms with Crippen LogP contribution in [0, 0.1) is 6.92 Å². The summed E-state index contributed by atoms with van der Waals surface area (Å²) in [7, 11) is 0. The Morgan fingerprint density at radius 1 is 0.808 bits per heavy atom. The second-order valence-corrected chi connectivity index (χ2v) is 6.47. The molecule has 0 unspecified atom stereocenters. The van der Waals surface area contributed by atoms with Crippen molar-refractivity contribution >= 4 is 12.2 Å². The van der Waals surface area contributed by atoms with Crippen LogP contribution in [0.1, 0.15) is 54.4 Å². The van der Waals surface area contributed by atoms with E-state index in [-0.39, 0.29) is 0 Å². The molecule has 1 heterocycles. The normalized spacial score (nSPS) is 11.5. The van der Waals surface area contributed by atoms with E-state index in [9.17, 15) is 0 Å². The second-order valence-electron chi connectivity index (χ2n) is 6.47. The van der Waals surface area contributed by atoms with Crippen molar-refractivity contribution in [3.05, 3.63) is 89.3 Å². The number of nitrogens with zero attached hydrogens (tertiary/aromatic N) is 1. The highest BCUT2D eigenvalue weighted by Crippen LogP contribution is 2.30. The minimum atomic E-state index is 0.999. The third kappa shape index (κ3) is 3.99. The second kappa shape index (κ2) is 9.24. The summed E-state index contributed by atoms with van der Waals surface area (Å²) in [6.07, 6.45) is 15.1. The zero-order valence-electron chi connectivity index (χ0n) is 16.7. The largest absolute Gasteiger partial charge is 0.310 e. The Labute approximate surface area is 159 Å². The molecule has 0 aliphatic heterocycles. The number of hydrogen-bond donors (Lipinski definition) is 0. The van der Waals surface area contributed by atoms with Crippen molar-refractivity contribution in [1.82, 2.24) is 4.57 Å². The van der Waals surface area contributed by atoms with Crippen molar-refractivity contribution < 1.29 is 0 Å². The number of benzene rings is 1. The van der Waals surface area contributed by atoms with Crippen LogP contribution >= 0.6 is 0 Å². The quantitative estimate of drug-likeness (QED) is 0.460. The van der Waals surface area contributed by atoms with E-state index in [4.69, 9.17) is 0 Å². The third-order valence-electron chi connectivity index (χ3n) is 4.87. The Kier molecular flexibility index (Phi) is 7.03. The predicted octanol–water partition coefficient (Wildman–Crippen LogP) is 6.87. The van der Waals surface area contributed by atoms with Gasteiger partial charge in [0.25, 0.3) is 0 Å². The predicted molar refractivity (Wildman–Crippen MR) is 117 cm³/mol. The molecule has 0 bridgehead atoms. The van der Waals surface area contributed by atoms with Gasteiger partial charge in [-0.2, -0.15) is 0 Å². The van der Waals surface area contributed by atoms with E-state index in [0.717, 1.165) is 19.3 Å². The van der Waals surface area contributed by atoms with Crippen LogP contribution in [-0.2, 0) is 19.3 Å². The van der Waals surface area contributed by atoms with Crippen molar-refractivity contribution in [3.63, 3.8) is 0 Å². The highest BCUT2D eigenvalue weighted by Gasteiger charge is 2.17. The first-order valence-electron chi connectivity index (χ1n) is 9.56. The van der Waals surface area contributed by atoms with Crippen LogP contribution in [0.2, 0.25) is 0 Å². The Hall–Kier alpha value is -2.54. The fraction of sp³-hybridized carbons (Fsp3) is 0.280. The molecule has 0 saturated carbocycles. The van der Waals surface area contributed by atoms with Gasteiger partial charge >= 0.3 is 0 Å². The molecule has 26 heavy (non-hydrogen) atoms. The first-order valence-corrected chi connectivity index (χ1v) is 9.56. The van der Waals surface area contributed by atoms with Crippen LogP contribution < -0.4 is 0 Å². The summed E-state index contributed by atoms with van der Waals surface area (Å²) in [5.41, 5.74) is 9.16. The first-order chi connectivity index (χ1) is 12.6. The molecule has 1 aromatic heterocycles. The average Bonchev–Trinajstić information content (AvgIpc) is 2.94. The van der Waals surface area contributed by atoms with Crippen molar-refractivity contribution in [2.75, 3.05) is 0 Å². The maximum atomic E-state index is 3.84. The Balaban J connectivity index is 2.88. The molecule has 0 N–H and O–H groups in total. The monoisotopic (exact) mass is 345 g/mol. The van der Waals surface area contributed by atoms with Gasteiger partial charge in [-0.05, 0) is 72.7 Å². The van der Waals surface area contributed by atoms with E-state index in [1.165, 1.54) is 39.3 Å². The smallest absolute Gasteiger partial charge is 0.0497 e. The lowest BCUT2D eigenvalue weighted by Crippen LogP contribution is -2.02. The van der Waals surface area contributed by atoms with Gasteiger partial charge in [0.2, 0.25) is 0 Å². The van der Waals surface area contributed by atoms with E-state index < -0.39 is 0 Å². The van der Waals surface area contributed by atoms with Crippen LogP contribution in [0.4, 0.5) is 0 Å². The van der Waals surface area contributed by atoms with Gasteiger partial charge in [0, 0.05) is 17.1 Å². The molecular formula is C25H31N. The van der Waals surface area contributed by atoms with E-state index in [1.54, 1.807) is 0 Å². The molecule has 136 valence electrons. The molecule has 0 atom stereocenters. The molecule has 0 saturated heterocycles. The minimum absolute atomic E-state index is 0.999. The summed E-state index contributed by atoms with van der Waals surface area (Å²) in [4.78, 5) is 0. The molecular weight excluding hydrogens is 314 g/mol. The molecule has 0 radical (unpaired) electrons. The van der Waals surface area contributed by atoms with Crippen LogP contribution in [-0.4, -0.2) is 4.57 Å². The molecule has 0 fully saturated rings. The maximum Gasteiger partial charge on any atom is 0.0497 e. The summed E-state index contributed by atoms with van der Waals surface area (Å²) >= 11 is 0. The minimum Gasteiger partial charge on any atom is -0.310 e. The van der Waals surface area contributed by atoms with Gasteiger partial charge in [-0.3, -0.25) is 0 Å². The fourth-order valence-corrected chi connectivity index (χ4v) is 3.48. The molecule has 0 spiro atoms. The molecule has 0 aliphatic carbocycles. The van der Waals surface area contributed by atoms with Crippen LogP contribution in [0.5, 0.6) is 0 Å². The summed E-state index contributed by atoms with van der Waals surface area (Å²) in [6, 6.07) is 6.95. The fourth-order valence-electron chi connectivity index (χ4n) is 3.48. The zero-order valence-corrected chi connectivity index (χ0v) is 16.7. The van der Waals surface area contributed by atoms with Gasteiger partial charge in [-0.15, -0.1) is 0 Å². The highest BCUT2D eigenvalue weighted by molar-refractivity contribution is 5.68. The molecule has 0 aliphatic rings. The first kappa shape index (κ1) is 19.8. The van der Waals surface area contributed by atoms with E-state index in [1.807, 2.05) is 24.3 Å². The summed E-state index contributed by atoms with van der Waals surface area (Å²) in [5.74, 6) is 0. The van der Waals surface area contributed by atoms with Crippen molar-refractivity contribution in [2.24, 2.45) is 0 Å². The molecule has 1 heteroatoms. The maximum absolute atomic E-state index is 3.84. The number of aromatic nitrogens is 1. The van der Waals surface area contributed by atoms with Crippen LogP contribution in [0.3, 0.4) is 0 Å². The number of hydrogen-bond acceptors (Lipinski definition) is 0. The number of rotatable bonds is 8. The molecule has 1 nitrogen and oxygen atoms in total. The standard InChI is InChI=1S/C25H31N/c1-7-12-14-24-19(6)23(11-5)25(15-13-8-2)26(24)22-17-20(9-3)16-21(10-4)18-22/h7-8,12-18H,1-2,9-11H2,3-6H3/b14-12-,15-13-. The van der Waals surface area contributed by atoms with E-state index >= 15 is 0 Å². The Bertz CT molecular complexity index is 821. The van der Waals surface area contributed by atoms with Gasteiger partial charge in [0.15, 0.2) is 0 Å². The van der Waals surface area contributed by atoms with Crippen LogP contribution in [0.25, 0.3) is 17.8 Å². The van der Waals surface area contributed by atoms with Gasteiger partial charge < -0.3 is 4.57 Å². The lowest BCUT2D eigenvalue weighted by molar-refractivity contribution is 0.996. The van der Waals surface area contributed by atoms with Crippen molar-refractivity contribution in [2.45, 2.75) is 47.0 Å². The summed E-state index contributed by atoms with van der Waals surface area (Å²) < 4.78 is 2.38. The summed E-state index contributed by atoms with van der Waals surface area (Å²) in [5, 5.41) is 0. The van der Waals surface area contributed by atoms with Crippen molar-refractivity contribution in [1.29, 1.82) is 0 Å². The average molecular weight is 346 g/mol. The number of aryl methyl sites for hydroxylation is 2. The topological polar surface area (TPSA) is 4.93 Å². The number of allylic oxidation sites excluding steroid dienone is 4. The zero-order chi connectivity index (χ0) is 19.1. The van der Waals surface area contributed by atoms with Crippen LogP contribution in [0.15, 0.2) is 55.7 Å². The lowest BCUT2D eigenvalue weighted by Gasteiger charge is -2.14. The van der Waals surface area contributed by atoms with Gasteiger partial charge in [-0.1, -0.05) is 64.3 Å². The van der Waals surface area contributed by atoms with Gasteiger partial charge in [0.1, 0.15) is 0 Å². The SMILES string of the molecule is C=C/C=C\c1c(C)c(CC)c(/C=C\C=C)n1-c1cc(CC)cc(CC)c1. The third-order valence-corrected chi connectivity index (χ3v) is 4.87. The highest BCUT2D eigenvalue weighted by atomic mass is 15.0. The van der Waals surface area contributed by atoms with Gasteiger partial charge in [-0.25, -0.2) is 0 Å². The molecule has 2 rings (SSSR count). The van der Waals surface area contributed by atoms with Crippen molar-refractivity contribution in [3.8, 4) is 5.69 Å². The molecule has 0 amide bonds. The lowest BCUT2D eigenvalue weighted by atomic mass is 10.0. The Morgan fingerprint density at radius 2 is 1.35 bits per heavy atom. The Morgan fingerprint density at radius 3 is 1.81 bits per heavy atom. The summed E-state index contributed by atoms with van der Waals surface area (Å²) in [6.45, 7) is 16.6.